The van der Waals surface area contributed by atoms with Gasteiger partial charge in [0, 0.05) is 0 Å². The molecule has 2 aromatic rings. The molecular formula is C26H33ClN2O10. The highest BCUT2D eigenvalue weighted by molar-refractivity contribution is 6.31. The molecule has 12 nitrogen and oxygen atoms in total. The van der Waals surface area contributed by atoms with Crippen molar-refractivity contribution in [3.8, 4) is 5.75 Å². The third-order valence-corrected chi connectivity index (χ3v) is 6.18. The lowest BCUT2D eigenvalue weighted by Crippen LogP contribution is -2.38. The molecule has 39 heavy (non-hydrogen) atoms. The summed E-state index contributed by atoms with van der Waals surface area (Å²) >= 11 is 6.12. The number of benzene rings is 1. The molecule has 0 amide bonds. The maximum atomic E-state index is 13.0. The third-order valence-electron chi connectivity index (χ3n) is 5.88. The average molecular weight is 569 g/mol. The van der Waals surface area contributed by atoms with Crippen LogP contribution in [-0.2, 0) is 35.2 Å². The Hall–Kier alpha value is -3.93. The first-order valence-electron chi connectivity index (χ1n) is 12.1. The van der Waals surface area contributed by atoms with Gasteiger partial charge < -0.3 is 24.4 Å². The number of aliphatic carboxylic acids is 2. The van der Waals surface area contributed by atoms with E-state index in [2.05, 4.69) is 5.10 Å². The second-order valence-corrected chi connectivity index (χ2v) is 8.46. The summed E-state index contributed by atoms with van der Waals surface area (Å²) in [5, 5.41) is 21.1. The fourth-order valence-electron chi connectivity index (χ4n) is 3.49. The Balaban J connectivity index is 0.000000584. The predicted octanol–water partition coefficient (Wildman–Crippen LogP) is 3.13. The van der Waals surface area contributed by atoms with Crippen molar-refractivity contribution in [3.63, 3.8) is 0 Å². The van der Waals surface area contributed by atoms with Crippen LogP contribution < -0.4 is 10.3 Å². The average Bonchev–Trinajstić information content (AvgIpc) is 2.89. The number of carbonyl (C=O) groups excluding carboxylic acids is 2. The number of rotatable bonds is 12. The number of hydrogen-bond donors (Lipinski definition) is 2. The van der Waals surface area contributed by atoms with Crippen molar-refractivity contribution >= 4 is 35.5 Å². The Bertz CT molecular complexity index is 1170. The SMILES string of the molecule is CCC(CC)(C(=O)O)C(=O)O.CCOC(=O)C(C(=O)OCC)c1c(Cl)cnn(Cc2ccc(OC)cc2)c1=O. The maximum Gasteiger partial charge on any atom is 0.325 e. The highest BCUT2D eigenvalue weighted by atomic mass is 35.5. The molecule has 2 rings (SSSR count). The number of ether oxygens (including phenoxy) is 3. The summed E-state index contributed by atoms with van der Waals surface area (Å²) in [6, 6.07) is 7.04. The topological polar surface area (TPSA) is 171 Å². The molecule has 0 saturated carbocycles. The lowest BCUT2D eigenvalue weighted by atomic mass is 9.83. The zero-order valence-electron chi connectivity index (χ0n) is 22.4. The van der Waals surface area contributed by atoms with Crippen LogP contribution in [-0.4, -0.2) is 64.2 Å². The monoisotopic (exact) mass is 568 g/mol. The van der Waals surface area contributed by atoms with E-state index >= 15 is 0 Å². The van der Waals surface area contributed by atoms with Gasteiger partial charge in [-0.05, 0) is 44.4 Å². The molecule has 214 valence electrons. The van der Waals surface area contributed by atoms with E-state index in [0.29, 0.717) is 5.75 Å². The molecule has 0 fully saturated rings. The summed E-state index contributed by atoms with van der Waals surface area (Å²) < 4.78 is 16.1. The maximum absolute atomic E-state index is 13.0. The van der Waals surface area contributed by atoms with E-state index in [0.717, 1.165) is 10.2 Å². The van der Waals surface area contributed by atoms with Gasteiger partial charge in [-0.15, -0.1) is 0 Å². The van der Waals surface area contributed by atoms with E-state index in [4.69, 9.17) is 36.0 Å². The molecule has 1 heterocycles. The summed E-state index contributed by atoms with van der Waals surface area (Å²) in [6.07, 6.45) is 1.45. The number of aromatic nitrogens is 2. The highest BCUT2D eigenvalue weighted by Gasteiger charge is 2.43. The van der Waals surface area contributed by atoms with Gasteiger partial charge in [-0.1, -0.05) is 37.6 Å². The Kier molecular flexibility index (Phi) is 13.1. The van der Waals surface area contributed by atoms with Crippen LogP contribution in [0.2, 0.25) is 5.02 Å². The molecule has 0 atom stereocenters. The van der Waals surface area contributed by atoms with Gasteiger partial charge in [-0.3, -0.25) is 24.0 Å². The van der Waals surface area contributed by atoms with E-state index in [1.807, 2.05) is 0 Å². The summed E-state index contributed by atoms with van der Waals surface area (Å²) in [7, 11) is 1.55. The van der Waals surface area contributed by atoms with Crippen molar-refractivity contribution in [1.29, 1.82) is 0 Å². The molecule has 0 radical (unpaired) electrons. The summed E-state index contributed by atoms with van der Waals surface area (Å²) in [4.78, 5) is 58.7. The lowest BCUT2D eigenvalue weighted by molar-refractivity contribution is -0.165. The van der Waals surface area contributed by atoms with E-state index in [-0.39, 0.29) is 43.2 Å². The van der Waals surface area contributed by atoms with Crippen molar-refractivity contribution in [2.75, 3.05) is 20.3 Å². The Labute approximate surface area is 230 Å². The van der Waals surface area contributed by atoms with Gasteiger partial charge in [-0.2, -0.15) is 5.10 Å². The van der Waals surface area contributed by atoms with Gasteiger partial charge in [0.25, 0.3) is 5.56 Å². The fourth-order valence-corrected chi connectivity index (χ4v) is 3.72. The van der Waals surface area contributed by atoms with Gasteiger partial charge in [0.2, 0.25) is 0 Å². The van der Waals surface area contributed by atoms with E-state index in [1.165, 1.54) is 6.20 Å². The standard InChI is InChI=1S/C19H21ClN2O6.C7H12O4/c1-4-27-18(24)16(19(25)28-5-2)15-14(20)10-21-22(17(15)23)11-12-6-8-13(26-3)9-7-12;1-3-7(4-2,5(8)9)6(10)11/h6-10,16H,4-5,11H2,1-3H3;3-4H2,1-2H3,(H,8,9)(H,10,11). The number of methoxy groups -OCH3 is 1. The first-order valence-corrected chi connectivity index (χ1v) is 12.5. The van der Waals surface area contributed by atoms with Crippen LogP contribution in [0, 0.1) is 5.41 Å². The summed E-state index contributed by atoms with van der Waals surface area (Å²) in [6.45, 7) is 6.50. The molecule has 0 unspecified atom stereocenters. The van der Waals surface area contributed by atoms with Crippen molar-refractivity contribution in [2.24, 2.45) is 5.41 Å². The molecule has 0 spiro atoms. The molecule has 0 aliphatic rings. The zero-order valence-corrected chi connectivity index (χ0v) is 23.2. The molecule has 0 aliphatic carbocycles. The summed E-state index contributed by atoms with van der Waals surface area (Å²) in [5.74, 6) is -5.22. The first kappa shape index (κ1) is 33.1. The van der Waals surface area contributed by atoms with Crippen LogP contribution in [0.1, 0.15) is 57.6 Å². The van der Waals surface area contributed by atoms with Gasteiger partial charge in [-0.25, -0.2) is 4.68 Å². The molecule has 0 bridgehead atoms. The molecule has 1 aromatic heterocycles. The summed E-state index contributed by atoms with van der Waals surface area (Å²) in [5.41, 5.74) is -1.70. The highest BCUT2D eigenvalue weighted by Crippen LogP contribution is 2.26. The number of carboxylic acids is 2. The minimum Gasteiger partial charge on any atom is -0.497 e. The van der Waals surface area contributed by atoms with Crippen LogP contribution in [0.25, 0.3) is 0 Å². The Morgan fingerprint density at radius 3 is 1.79 bits per heavy atom. The van der Waals surface area contributed by atoms with Crippen molar-refractivity contribution < 1.29 is 43.6 Å². The smallest absolute Gasteiger partial charge is 0.325 e. The third kappa shape index (κ3) is 8.28. The van der Waals surface area contributed by atoms with E-state index < -0.39 is 40.8 Å². The van der Waals surface area contributed by atoms with Crippen LogP contribution in [0.4, 0.5) is 0 Å². The second-order valence-electron chi connectivity index (χ2n) is 8.05. The van der Waals surface area contributed by atoms with E-state index in [1.54, 1.807) is 59.1 Å². The number of carbonyl (C=O) groups is 4. The number of carboxylic acid groups (broad SMARTS) is 2. The lowest BCUT2D eigenvalue weighted by Gasteiger charge is -2.20. The van der Waals surface area contributed by atoms with Crippen LogP contribution in [0.5, 0.6) is 5.75 Å². The molecule has 1 aromatic carbocycles. The van der Waals surface area contributed by atoms with Crippen molar-refractivity contribution in [2.45, 2.75) is 53.0 Å². The minimum atomic E-state index is -1.58. The Morgan fingerprint density at radius 2 is 1.44 bits per heavy atom. The fraction of sp³-hybridized carbons (Fsp3) is 0.462. The predicted molar refractivity (Wildman–Crippen MR) is 140 cm³/mol. The van der Waals surface area contributed by atoms with Crippen molar-refractivity contribution in [3.05, 3.63) is 57.0 Å². The molecule has 2 N–H and O–H groups in total. The number of nitrogens with zero attached hydrogens (tertiary/aromatic N) is 2. The molecule has 13 heteroatoms. The number of halogens is 1. The quantitative estimate of drug-likeness (QED) is 0.284. The van der Waals surface area contributed by atoms with Gasteiger partial charge >= 0.3 is 23.9 Å². The molecular weight excluding hydrogens is 536 g/mol. The number of esters is 2. The number of hydrogen-bond acceptors (Lipinski definition) is 9. The largest absolute Gasteiger partial charge is 0.497 e. The van der Waals surface area contributed by atoms with Crippen molar-refractivity contribution in [1.82, 2.24) is 9.78 Å². The first-order chi connectivity index (χ1) is 18.4. The van der Waals surface area contributed by atoms with E-state index in [9.17, 15) is 24.0 Å². The normalized spacial score (nSPS) is 10.7. The minimum absolute atomic E-state index is 0.0392. The van der Waals surface area contributed by atoms with Gasteiger partial charge in [0.15, 0.2) is 11.3 Å². The van der Waals surface area contributed by atoms with Crippen LogP contribution in [0.3, 0.4) is 0 Å². The zero-order chi connectivity index (χ0) is 29.8. The molecule has 0 aliphatic heterocycles. The van der Waals surface area contributed by atoms with Gasteiger partial charge in [0.05, 0.1) is 43.7 Å². The van der Waals surface area contributed by atoms with Crippen LogP contribution in [0.15, 0.2) is 35.3 Å². The second kappa shape index (κ2) is 15.5. The van der Waals surface area contributed by atoms with Crippen LogP contribution >= 0.6 is 11.6 Å². The van der Waals surface area contributed by atoms with Gasteiger partial charge in [0.1, 0.15) is 5.75 Å². The molecule has 0 saturated heterocycles. The Morgan fingerprint density at radius 1 is 0.949 bits per heavy atom.